The van der Waals surface area contributed by atoms with Crippen molar-refractivity contribution in [3.8, 4) is 0 Å². The van der Waals surface area contributed by atoms with E-state index in [4.69, 9.17) is 0 Å². The van der Waals surface area contributed by atoms with Crippen molar-refractivity contribution in [3.63, 3.8) is 0 Å². The molecule has 136 valence electrons. The summed E-state index contributed by atoms with van der Waals surface area (Å²) in [5, 5.41) is 3.23. The Kier molecular flexibility index (Phi) is 6.06. The molecule has 2 N–H and O–H groups in total. The Balaban J connectivity index is 2.13. The predicted octanol–water partition coefficient (Wildman–Crippen LogP) is 4.27. The summed E-state index contributed by atoms with van der Waals surface area (Å²) in [7, 11) is -3.64. The van der Waals surface area contributed by atoms with Crippen LogP contribution in [0.1, 0.15) is 37.0 Å². The molecular formula is C19H27N3O2S. The van der Waals surface area contributed by atoms with Crippen LogP contribution in [-0.4, -0.2) is 19.9 Å². The van der Waals surface area contributed by atoms with Crippen molar-refractivity contribution in [2.45, 2.75) is 45.9 Å². The summed E-state index contributed by atoms with van der Waals surface area (Å²) in [5.41, 5.74) is 2.98. The molecule has 0 aliphatic rings. The summed E-state index contributed by atoms with van der Waals surface area (Å²) < 4.78 is 28.1. The lowest BCUT2D eigenvalue weighted by atomic mass is 10.1. The molecule has 0 aliphatic carbocycles. The van der Waals surface area contributed by atoms with E-state index >= 15 is 0 Å². The number of anilines is 2. The van der Waals surface area contributed by atoms with Crippen LogP contribution in [0.25, 0.3) is 0 Å². The second-order valence-electron chi connectivity index (χ2n) is 6.87. The molecule has 0 aliphatic heterocycles. The molecule has 1 heterocycles. The van der Waals surface area contributed by atoms with E-state index in [2.05, 4.69) is 28.9 Å². The average molecular weight is 362 g/mol. The third-order valence-electron chi connectivity index (χ3n) is 3.92. The summed E-state index contributed by atoms with van der Waals surface area (Å²) in [6.07, 6.45) is 2.59. The molecule has 0 amide bonds. The van der Waals surface area contributed by atoms with Gasteiger partial charge in [0.25, 0.3) is 10.0 Å². The van der Waals surface area contributed by atoms with E-state index < -0.39 is 10.0 Å². The molecule has 0 saturated carbocycles. The fourth-order valence-corrected chi connectivity index (χ4v) is 4.34. The fraction of sp³-hybridized carbons (Fsp3) is 0.421. The van der Waals surface area contributed by atoms with Crippen molar-refractivity contribution >= 4 is 21.5 Å². The first-order valence-electron chi connectivity index (χ1n) is 8.49. The van der Waals surface area contributed by atoms with Crippen molar-refractivity contribution in [2.75, 3.05) is 16.6 Å². The molecule has 25 heavy (non-hydrogen) atoms. The number of sulfonamides is 1. The summed E-state index contributed by atoms with van der Waals surface area (Å²) in [6.45, 7) is 10.8. The second-order valence-corrected chi connectivity index (χ2v) is 8.49. The first kappa shape index (κ1) is 19.2. The number of aromatic nitrogens is 1. The van der Waals surface area contributed by atoms with Gasteiger partial charge in [-0.05, 0) is 56.4 Å². The predicted molar refractivity (Wildman–Crippen MR) is 104 cm³/mol. The van der Waals surface area contributed by atoms with Crippen LogP contribution in [0.15, 0.2) is 35.4 Å². The van der Waals surface area contributed by atoms with Gasteiger partial charge in [-0.15, -0.1) is 0 Å². The van der Waals surface area contributed by atoms with E-state index in [1.807, 2.05) is 32.9 Å². The fourth-order valence-electron chi connectivity index (χ4n) is 2.84. The van der Waals surface area contributed by atoms with Gasteiger partial charge >= 0.3 is 0 Å². The molecule has 6 heteroatoms. The lowest BCUT2D eigenvalue weighted by Gasteiger charge is -2.14. The van der Waals surface area contributed by atoms with E-state index in [0.717, 1.165) is 35.5 Å². The van der Waals surface area contributed by atoms with Crippen LogP contribution in [0.2, 0.25) is 0 Å². The highest BCUT2D eigenvalue weighted by Gasteiger charge is 2.20. The number of nitrogens with one attached hydrogen (secondary N) is 2. The van der Waals surface area contributed by atoms with Crippen molar-refractivity contribution in [3.05, 3.63) is 47.2 Å². The number of hydrogen-bond acceptors (Lipinski definition) is 4. The Morgan fingerprint density at radius 3 is 2.24 bits per heavy atom. The van der Waals surface area contributed by atoms with Gasteiger partial charge in [-0.25, -0.2) is 13.4 Å². The molecular weight excluding hydrogens is 334 g/mol. The molecule has 0 fully saturated rings. The number of nitrogens with zero attached hydrogens (tertiary/aromatic N) is 1. The first-order chi connectivity index (χ1) is 11.7. The number of aryl methyl sites for hydroxylation is 3. The minimum atomic E-state index is -3.64. The van der Waals surface area contributed by atoms with Crippen LogP contribution in [-0.2, 0) is 10.0 Å². The third kappa shape index (κ3) is 5.19. The maximum Gasteiger partial charge on any atom is 0.262 e. The second kappa shape index (κ2) is 7.87. The SMILES string of the molecule is Cc1cc(C)c(S(=O)(=O)Nc2ccc(NCCC(C)C)nc2)c(C)c1. The van der Waals surface area contributed by atoms with Crippen LogP contribution in [0.3, 0.4) is 0 Å². The van der Waals surface area contributed by atoms with Gasteiger partial charge < -0.3 is 5.32 Å². The zero-order valence-corrected chi connectivity index (χ0v) is 16.4. The highest BCUT2D eigenvalue weighted by Crippen LogP contribution is 2.24. The molecule has 0 radical (unpaired) electrons. The van der Waals surface area contributed by atoms with Gasteiger partial charge in [0.15, 0.2) is 0 Å². The first-order valence-corrected chi connectivity index (χ1v) is 9.98. The molecule has 0 bridgehead atoms. The number of hydrogen-bond donors (Lipinski definition) is 2. The molecule has 0 spiro atoms. The average Bonchev–Trinajstić information content (AvgIpc) is 2.46. The van der Waals surface area contributed by atoms with Crippen molar-refractivity contribution < 1.29 is 8.42 Å². The molecule has 0 unspecified atom stereocenters. The highest BCUT2D eigenvalue weighted by molar-refractivity contribution is 7.92. The Labute approximate surface area is 150 Å². The maximum atomic E-state index is 12.7. The summed E-state index contributed by atoms with van der Waals surface area (Å²) in [6, 6.07) is 7.26. The van der Waals surface area contributed by atoms with Crippen molar-refractivity contribution in [2.24, 2.45) is 5.92 Å². The maximum absolute atomic E-state index is 12.7. The van der Waals surface area contributed by atoms with Gasteiger partial charge in [0.1, 0.15) is 5.82 Å². The number of pyridine rings is 1. The topological polar surface area (TPSA) is 71.1 Å². The van der Waals surface area contributed by atoms with Crippen LogP contribution in [0.5, 0.6) is 0 Å². The van der Waals surface area contributed by atoms with Gasteiger partial charge in [0.2, 0.25) is 0 Å². The standard InChI is InChI=1S/C19H27N3O2S/c1-13(2)8-9-20-18-7-6-17(12-21-18)22-25(23,24)19-15(4)10-14(3)11-16(19)5/h6-7,10-13,22H,8-9H2,1-5H3,(H,20,21). The van der Waals surface area contributed by atoms with E-state index in [-0.39, 0.29) is 0 Å². The Morgan fingerprint density at radius 2 is 1.72 bits per heavy atom. The normalized spacial score (nSPS) is 11.6. The van der Waals surface area contributed by atoms with E-state index in [0.29, 0.717) is 16.5 Å². The largest absolute Gasteiger partial charge is 0.370 e. The van der Waals surface area contributed by atoms with Crippen LogP contribution < -0.4 is 10.0 Å². The van der Waals surface area contributed by atoms with Crippen molar-refractivity contribution in [1.29, 1.82) is 0 Å². The minimum Gasteiger partial charge on any atom is -0.370 e. The molecule has 2 aromatic rings. The number of rotatable bonds is 7. The van der Waals surface area contributed by atoms with Crippen LogP contribution in [0, 0.1) is 26.7 Å². The van der Waals surface area contributed by atoms with Gasteiger partial charge in [0.05, 0.1) is 16.8 Å². The Morgan fingerprint density at radius 1 is 1.08 bits per heavy atom. The smallest absolute Gasteiger partial charge is 0.262 e. The molecule has 0 saturated heterocycles. The molecule has 1 aromatic carbocycles. The lowest BCUT2D eigenvalue weighted by Crippen LogP contribution is -2.16. The van der Waals surface area contributed by atoms with E-state index in [9.17, 15) is 8.42 Å². The summed E-state index contributed by atoms with van der Waals surface area (Å²) >= 11 is 0. The Hall–Kier alpha value is -2.08. The summed E-state index contributed by atoms with van der Waals surface area (Å²) in [4.78, 5) is 4.61. The minimum absolute atomic E-state index is 0.331. The number of benzene rings is 1. The lowest BCUT2D eigenvalue weighted by molar-refractivity contribution is 0.600. The van der Waals surface area contributed by atoms with E-state index in [1.165, 1.54) is 6.20 Å². The van der Waals surface area contributed by atoms with Crippen LogP contribution >= 0.6 is 0 Å². The molecule has 2 rings (SSSR count). The zero-order chi connectivity index (χ0) is 18.6. The molecule has 0 atom stereocenters. The van der Waals surface area contributed by atoms with Gasteiger partial charge in [-0.1, -0.05) is 31.5 Å². The zero-order valence-electron chi connectivity index (χ0n) is 15.6. The molecule has 5 nitrogen and oxygen atoms in total. The van der Waals surface area contributed by atoms with Gasteiger partial charge in [-0.2, -0.15) is 0 Å². The van der Waals surface area contributed by atoms with Gasteiger partial charge in [-0.3, -0.25) is 4.72 Å². The highest BCUT2D eigenvalue weighted by atomic mass is 32.2. The van der Waals surface area contributed by atoms with Crippen LogP contribution in [0.4, 0.5) is 11.5 Å². The quantitative estimate of drug-likeness (QED) is 0.773. The molecule has 1 aromatic heterocycles. The Bertz CT molecular complexity index is 805. The van der Waals surface area contributed by atoms with E-state index in [1.54, 1.807) is 12.1 Å². The third-order valence-corrected chi connectivity index (χ3v) is 5.60. The van der Waals surface area contributed by atoms with Gasteiger partial charge in [0, 0.05) is 6.54 Å². The summed E-state index contributed by atoms with van der Waals surface area (Å²) in [5.74, 6) is 1.37. The monoisotopic (exact) mass is 361 g/mol. The van der Waals surface area contributed by atoms with Crippen molar-refractivity contribution in [1.82, 2.24) is 4.98 Å².